The van der Waals surface area contributed by atoms with Gasteiger partial charge in [0.1, 0.15) is 5.82 Å². The quantitative estimate of drug-likeness (QED) is 0.724. The highest BCUT2D eigenvalue weighted by Crippen LogP contribution is 2.19. The molecule has 22 heavy (non-hydrogen) atoms. The molecule has 0 unspecified atom stereocenters. The van der Waals surface area contributed by atoms with Crippen LogP contribution in [0, 0.1) is 5.82 Å². The number of benzene rings is 2. The number of carbonyl (C=O) groups excluding carboxylic acids is 1. The van der Waals surface area contributed by atoms with E-state index in [1.54, 1.807) is 0 Å². The van der Waals surface area contributed by atoms with Crippen molar-refractivity contribution in [3.05, 3.63) is 70.1 Å². The van der Waals surface area contributed by atoms with E-state index in [-0.39, 0.29) is 11.7 Å². The molecule has 3 aromatic rings. The van der Waals surface area contributed by atoms with Crippen LogP contribution >= 0.6 is 15.9 Å². The predicted octanol–water partition coefficient (Wildman–Crippen LogP) is 4.04. The SMILES string of the molecule is O=C(NCCc1c[nH]c2ccccc12)c1ccc(F)cc1Br. The predicted molar refractivity (Wildman–Crippen MR) is 88.4 cm³/mol. The normalized spacial score (nSPS) is 10.8. The summed E-state index contributed by atoms with van der Waals surface area (Å²) in [4.78, 5) is 15.3. The van der Waals surface area contributed by atoms with Gasteiger partial charge in [-0.05, 0) is 52.2 Å². The Labute approximate surface area is 135 Å². The van der Waals surface area contributed by atoms with Crippen LogP contribution in [0.1, 0.15) is 15.9 Å². The molecule has 0 bridgehead atoms. The van der Waals surface area contributed by atoms with E-state index >= 15 is 0 Å². The van der Waals surface area contributed by atoms with Crippen LogP contribution < -0.4 is 5.32 Å². The first kappa shape index (κ1) is 14.8. The van der Waals surface area contributed by atoms with Gasteiger partial charge in [0.2, 0.25) is 0 Å². The molecule has 3 nitrogen and oxygen atoms in total. The molecule has 2 aromatic carbocycles. The lowest BCUT2D eigenvalue weighted by molar-refractivity contribution is 0.0953. The van der Waals surface area contributed by atoms with Gasteiger partial charge in [0, 0.05) is 28.1 Å². The average molecular weight is 361 g/mol. The van der Waals surface area contributed by atoms with Crippen molar-refractivity contribution in [2.45, 2.75) is 6.42 Å². The van der Waals surface area contributed by atoms with Gasteiger partial charge in [0.25, 0.3) is 5.91 Å². The van der Waals surface area contributed by atoms with Crippen LogP contribution in [0.5, 0.6) is 0 Å². The molecule has 0 aliphatic rings. The van der Waals surface area contributed by atoms with E-state index in [4.69, 9.17) is 0 Å². The number of nitrogens with one attached hydrogen (secondary N) is 2. The number of rotatable bonds is 4. The highest BCUT2D eigenvalue weighted by atomic mass is 79.9. The smallest absolute Gasteiger partial charge is 0.252 e. The molecule has 1 amide bonds. The Morgan fingerprint density at radius 2 is 2.05 bits per heavy atom. The van der Waals surface area contributed by atoms with Crippen molar-refractivity contribution in [1.29, 1.82) is 0 Å². The van der Waals surface area contributed by atoms with E-state index in [0.29, 0.717) is 16.6 Å². The Morgan fingerprint density at radius 1 is 1.23 bits per heavy atom. The Kier molecular flexibility index (Phi) is 4.24. The standard InChI is InChI=1S/C17H14BrFN2O/c18-15-9-12(19)5-6-14(15)17(22)20-8-7-11-10-21-16-4-2-1-3-13(11)16/h1-6,9-10,21H,7-8H2,(H,20,22). The molecule has 3 rings (SSSR count). The van der Waals surface area contributed by atoms with Gasteiger partial charge in [0.15, 0.2) is 0 Å². The Hall–Kier alpha value is -2.14. The lowest BCUT2D eigenvalue weighted by Gasteiger charge is -2.06. The minimum Gasteiger partial charge on any atom is -0.361 e. The molecule has 0 atom stereocenters. The molecular formula is C17H14BrFN2O. The number of aromatic amines is 1. The second-order valence-electron chi connectivity index (χ2n) is 4.99. The molecule has 0 radical (unpaired) electrons. The van der Waals surface area contributed by atoms with E-state index in [0.717, 1.165) is 17.5 Å². The first-order valence-electron chi connectivity index (χ1n) is 6.93. The van der Waals surface area contributed by atoms with Crippen LogP contribution in [-0.4, -0.2) is 17.4 Å². The zero-order valence-electron chi connectivity index (χ0n) is 11.7. The number of halogens is 2. The maximum Gasteiger partial charge on any atom is 0.252 e. The third-order valence-electron chi connectivity index (χ3n) is 3.53. The molecule has 0 aliphatic carbocycles. The summed E-state index contributed by atoms with van der Waals surface area (Å²) in [7, 11) is 0. The fourth-order valence-electron chi connectivity index (χ4n) is 2.42. The van der Waals surface area contributed by atoms with Crippen molar-refractivity contribution in [1.82, 2.24) is 10.3 Å². The Morgan fingerprint density at radius 3 is 2.86 bits per heavy atom. The number of H-pyrrole nitrogens is 1. The number of carbonyl (C=O) groups is 1. The molecule has 0 saturated heterocycles. The number of aromatic nitrogens is 1. The van der Waals surface area contributed by atoms with Gasteiger partial charge >= 0.3 is 0 Å². The second kappa shape index (κ2) is 6.32. The zero-order valence-corrected chi connectivity index (χ0v) is 13.3. The fraction of sp³-hybridized carbons (Fsp3) is 0.118. The summed E-state index contributed by atoms with van der Waals surface area (Å²) in [5, 5.41) is 4.02. The van der Waals surface area contributed by atoms with E-state index in [9.17, 15) is 9.18 Å². The van der Waals surface area contributed by atoms with Crippen LogP contribution in [0.2, 0.25) is 0 Å². The van der Waals surface area contributed by atoms with Crippen LogP contribution in [0.15, 0.2) is 53.1 Å². The van der Waals surface area contributed by atoms with E-state index < -0.39 is 0 Å². The maximum absolute atomic E-state index is 13.0. The molecule has 0 spiro atoms. The van der Waals surface area contributed by atoms with Crippen LogP contribution in [0.4, 0.5) is 4.39 Å². The minimum atomic E-state index is -0.373. The third kappa shape index (κ3) is 3.04. The van der Waals surface area contributed by atoms with E-state index in [2.05, 4.69) is 32.3 Å². The first-order valence-corrected chi connectivity index (χ1v) is 7.72. The zero-order chi connectivity index (χ0) is 15.5. The fourth-order valence-corrected chi connectivity index (χ4v) is 2.95. The molecule has 2 N–H and O–H groups in total. The highest BCUT2D eigenvalue weighted by Gasteiger charge is 2.10. The first-order chi connectivity index (χ1) is 10.6. The highest BCUT2D eigenvalue weighted by molar-refractivity contribution is 9.10. The molecule has 0 saturated carbocycles. The summed E-state index contributed by atoms with van der Waals surface area (Å²) < 4.78 is 13.5. The van der Waals surface area contributed by atoms with Crippen LogP contribution in [-0.2, 0) is 6.42 Å². The van der Waals surface area contributed by atoms with Gasteiger partial charge in [-0.25, -0.2) is 4.39 Å². The number of hydrogen-bond donors (Lipinski definition) is 2. The largest absolute Gasteiger partial charge is 0.361 e. The minimum absolute atomic E-state index is 0.216. The Bertz CT molecular complexity index is 828. The molecule has 1 heterocycles. The number of para-hydroxylation sites is 1. The summed E-state index contributed by atoms with van der Waals surface area (Å²) in [5.41, 5.74) is 2.68. The van der Waals surface area contributed by atoms with E-state index in [1.807, 2.05) is 24.4 Å². The summed E-state index contributed by atoms with van der Waals surface area (Å²) in [6.45, 7) is 0.518. The van der Waals surface area contributed by atoms with Crippen molar-refractivity contribution in [2.75, 3.05) is 6.54 Å². The lowest BCUT2D eigenvalue weighted by Crippen LogP contribution is -2.26. The maximum atomic E-state index is 13.0. The van der Waals surface area contributed by atoms with Gasteiger partial charge in [-0.3, -0.25) is 4.79 Å². The van der Waals surface area contributed by atoms with Gasteiger partial charge in [-0.2, -0.15) is 0 Å². The van der Waals surface area contributed by atoms with Crippen LogP contribution in [0.25, 0.3) is 10.9 Å². The number of fused-ring (bicyclic) bond motifs is 1. The molecular weight excluding hydrogens is 347 g/mol. The van der Waals surface area contributed by atoms with Crippen molar-refractivity contribution in [3.8, 4) is 0 Å². The Balaban J connectivity index is 1.64. The summed E-state index contributed by atoms with van der Waals surface area (Å²) in [6.07, 6.45) is 2.69. The van der Waals surface area contributed by atoms with Gasteiger partial charge in [-0.15, -0.1) is 0 Å². The topological polar surface area (TPSA) is 44.9 Å². The molecule has 0 aliphatic heterocycles. The van der Waals surface area contributed by atoms with Crippen LogP contribution in [0.3, 0.4) is 0 Å². The van der Waals surface area contributed by atoms with Crippen molar-refractivity contribution in [2.24, 2.45) is 0 Å². The van der Waals surface area contributed by atoms with Crippen molar-refractivity contribution in [3.63, 3.8) is 0 Å². The van der Waals surface area contributed by atoms with Gasteiger partial charge in [0.05, 0.1) is 5.56 Å². The van der Waals surface area contributed by atoms with Gasteiger partial charge < -0.3 is 10.3 Å². The van der Waals surface area contributed by atoms with Crippen molar-refractivity contribution >= 4 is 32.7 Å². The second-order valence-corrected chi connectivity index (χ2v) is 5.84. The molecule has 112 valence electrons. The van der Waals surface area contributed by atoms with E-state index in [1.165, 1.54) is 23.6 Å². The molecule has 0 fully saturated rings. The summed E-state index contributed by atoms with van der Waals surface area (Å²) >= 11 is 3.21. The molecule has 1 aromatic heterocycles. The monoisotopic (exact) mass is 360 g/mol. The summed E-state index contributed by atoms with van der Waals surface area (Å²) in [6, 6.07) is 12.1. The summed E-state index contributed by atoms with van der Waals surface area (Å²) in [5.74, 6) is -0.589. The van der Waals surface area contributed by atoms with Gasteiger partial charge in [-0.1, -0.05) is 18.2 Å². The number of hydrogen-bond acceptors (Lipinski definition) is 1. The molecule has 5 heteroatoms. The average Bonchev–Trinajstić information content (AvgIpc) is 2.90. The third-order valence-corrected chi connectivity index (χ3v) is 4.19. The number of amides is 1. The lowest BCUT2D eigenvalue weighted by atomic mass is 10.1. The van der Waals surface area contributed by atoms with Crippen molar-refractivity contribution < 1.29 is 9.18 Å².